The number of furan rings is 1. The monoisotopic (exact) mass is 264 g/mol. The third kappa shape index (κ3) is 3.61. The first kappa shape index (κ1) is 14.6. The Balaban J connectivity index is 1.91. The van der Waals surface area contributed by atoms with E-state index in [4.69, 9.17) is 10.2 Å². The molecule has 1 saturated carbocycles. The molecular weight excluding hydrogens is 236 g/mol. The second-order valence-electron chi connectivity index (χ2n) is 5.94. The van der Waals surface area contributed by atoms with Gasteiger partial charge in [0.25, 0.3) is 0 Å². The summed E-state index contributed by atoms with van der Waals surface area (Å²) >= 11 is 0. The first-order chi connectivity index (χ1) is 9.19. The molecule has 0 saturated heterocycles. The van der Waals surface area contributed by atoms with E-state index >= 15 is 0 Å². The first-order valence-corrected chi connectivity index (χ1v) is 7.72. The Morgan fingerprint density at radius 2 is 2.05 bits per heavy atom. The second kappa shape index (κ2) is 6.58. The molecular formula is C16H28N2O. The van der Waals surface area contributed by atoms with Crippen molar-refractivity contribution in [3.05, 3.63) is 23.7 Å². The predicted octanol–water partition coefficient (Wildman–Crippen LogP) is 3.43. The highest BCUT2D eigenvalue weighted by atomic mass is 16.3. The van der Waals surface area contributed by atoms with E-state index in [1.807, 2.05) is 0 Å². The molecule has 1 aromatic rings. The molecule has 3 N–H and O–H groups in total. The van der Waals surface area contributed by atoms with Crippen molar-refractivity contribution in [2.24, 2.45) is 17.6 Å². The Bertz CT molecular complexity index is 384. The van der Waals surface area contributed by atoms with Crippen molar-refractivity contribution < 1.29 is 4.42 Å². The molecule has 0 bridgehead atoms. The molecule has 3 nitrogen and oxygen atoms in total. The summed E-state index contributed by atoms with van der Waals surface area (Å²) in [6.45, 7) is 8.37. The molecule has 3 atom stereocenters. The van der Waals surface area contributed by atoms with Crippen LogP contribution in [0.5, 0.6) is 0 Å². The van der Waals surface area contributed by atoms with Gasteiger partial charge in [-0.1, -0.05) is 33.6 Å². The molecule has 108 valence electrons. The van der Waals surface area contributed by atoms with Gasteiger partial charge in [0.05, 0.1) is 6.04 Å². The van der Waals surface area contributed by atoms with Crippen LogP contribution in [0.3, 0.4) is 0 Å². The topological polar surface area (TPSA) is 51.2 Å². The van der Waals surface area contributed by atoms with Gasteiger partial charge in [-0.05, 0) is 36.9 Å². The summed E-state index contributed by atoms with van der Waals surface area (Å²) in [6.07, 6.45) is 3.69. The Kier molecular flexibility index (Phi) is 5.06. The summed E-state index contributed by atoms with van der Waals surface area (Å²) in [5.74, 6) is 4.30. The zero-order valence-electron chi connectivity index (χ0n) is 12.5. The predicted molar refractivity (Wildman–Crippen MR) is 79.1 cm³/mol. The van der Waals surface area contributed by atoms with E-state index in [1.165, 1.54) is 19.3 Å². The molecule has 1 aromatic heterocycles. The molecule has 1 aliphatic rings. The standard InChI is InChI=1S/C16H28N2O/c1-4-12(5-2)10-18-14(9-17)16-7-6-15(19-16)13-8-11(13)3/h6-7,11-14,18H,4-5,8-10,17H2,1-3H3. The van der Waals surface area contributed by atoms with Crippen LogP contribution < -0.4 is 11.1 Å². The largest absolute Gasteiger partial charge is 0.464 e. The number of nitrogens with one attached hydrogen (secondary N) is 1. The molecule has 3 heteroatoms. The van der Waals surface area contributed by atoms with Crippen molar-refractivity contribution in [2.45, 2.75) is 52.0 Å². The molecule has 1 fully saturated rings. The first-order valence-electron chi connectivity index (χ1n) is 7.72. The van der Waals surface area contributed by atoms with Crippen LogP contribution in [0.25, 0.3) is 0 Å². The molecule has 0 aromatic carbocycles. The lowest BCUT2D eigenvalue weighted by Crippen LogP contribution is -2.31. The van der Waals surface area contributed by atoms with Crippen LogP contribution in [-0.4, -0.2) is 13.1 Å². The van der Waals surface area contributed by atoms with E-state index < -0.39 is 0 Å². The summed E-state index contributed by atoms with van der Waals surface area (Å²) in [4.78, 5) is 0. The smallest absolute Gasteiger partial charge is 0.122 e. The van der Waals surface area contributed by atoms with Crippen LogP contribution in [0.1, 0.15) is 63.5 Å². The lowest BCUT2D eigenvalue weighted by molar-refractivity contribution is 0.361. The van der Waals surface area contributed by atoms with Crippen molar-refractivity contribution in [1.82, 2.24) is 5.32 Å². The Morgan fingerprint density at radius 3 is 2.58 bits per heavy atom. The van der Waals surface area contributed by atoms with Gasteiger partial charge in [0.2, 0.25) is 0 Å². The van der Waals surface area contributed by atoms with Crippen molar-refractivity contribution in [3.63, 3.8) is 0 Å². The van der Waals surface area contributed by atoms with Gasteiger partial charge in [-0.25, -0.2) is 0 Å². The molecule has 1 heterocycles. The van der Waals surface area contributed by atoms with Crippen molar-refractivity contribution >= 4 is 0 Å². The fraction of sp³-hybridized carbons (Fsp3) is 0.750. The summed E-state index contributed by atoms with van der Waals surface area (Å²) in [5, 5.41) is 3.55. The molecule has 3 unspecified atom stereocenters. The highest BCUT2D eigenvalue weighted by Crippen LogP contribution is 2.47. The van der Waals surface area contributed by atoms with Gasteiger partial charge in [-0.2, -0.15) is 0 Å². The molecule has 0 aliphatic heterocycles. The van der Waals surface area contributed by atoms with Crippen molar-refractivity contribution in [2.75, 3.05) is 13.1 Å². The van der Waals surface area contributed by atoms with Crippen LogP contribution in [-0.2, 0) is 0 Å². The number of hydrogen-bond donors (Lipinski definition) is 2. The van der Waals surface area contributed by atoms with Crippen molar-refractivity contribution in [3.8, 4) is 0 Å². The minimum atomic E-state index is 0.156. The fourth-order valence-corrected chi connectivity index (χ4v) is 2.66. The maximum Gasteiger partial charge on any atom is 0.122 e. The van der Waals surface area contributed by atoms with Crippen molar-refractivity contribution in [1.29, 1.82) is 0 Å². The molecule has 0 spiro atoms. The zero-order valence-corrected chi connectivity index (χ0v) is 12.5. The van der Waals surface area contributed by atoms with Crippen LogP contribution >= 0.6 is 0 Å². The van der Waals surface area contributed by atoms with E-state index in [9.17, 15) is 0 Å². The minimum absolute atomic E-state index is 0.156. The molecule has 1 aliphatic carbocycles. The van der Waals surface area contributed by atoms with Crippen LogP contribution in [0.4, 0.5) is 0 Å². The van der Waals surface area contributed by atoms with E-state index in [0.717, 1.165) is 29.9 Å². The lowest BCUT2D eigenvalue weighted by Gasteiger charge is -2.19. The highest BCUT2D eigenvalue weighted by Gasteiger charge is 2.36. The van der Waals surface area contributed by atoms with Gasteiger partial charge in [0, 0.05) is 12.5 Å². The summed E-state index contributed by atoms with van der Waals surface area (Å²) in [6, 6.07) is 4.38. The number of hydrogen-bond acceptors (Lipinski definition) is 3. The van der Waals surface area contributed by atoms with Crippen LogP contribution in [0.2, 0.25) is 0 Å². The Morgan fingerprint density at radius 1 is 1.37 bits per heavy atom. The average Bonchev–Trinajstić information content (AvgIpc) is 2.96. The van der Waals surface area contributed by atoms with Crippen LogP contribution in [0, 0.1) is 11.8 Å². The zero-order chi connectivity index (χ0) is 13.8. The van der Waals surface area contributed by atoms with Crippen LogP contribution in [0.15, 0.2) is 16.5 Å². The van der Waals surface area contributed by atoms with Gasteiger partial charge < -0.3 is 15.5 Å². The van der Waals surface area contributed by atoms with Gasteiger partial charge in [0.1, 0.15) is 11.5 Å². The highest BCUT2D eigenvalue weighted by molar-refractivity contribution is 5.19. The van der Waals surface area contributed by atoms with Gasteiger partial charge in [-0.15, -0.1) is 0 Å². The second-order valence-corrected chi connectivity index (χ2v) is 5.94. The SMILES string of the molecule is CCC(CC)CNC(CN)c1ccc(C2CC2C)o1. The van der Waals surface area contributed by atoms with Gasteiger partial charge in [0.15, 0.2) is 0 Å². The fourth-order valence-electron chi connectivity index (χ4n) is 2.66. The van der Waals surface area contributed by atoms with E-state index in [1.54, 1.807) is 0 Å². The third-order valence-electron chi connectivity index (χ3n) is 4.51. The minimum Gasteiger partial charge on any atom is -0.464 e. The van der Waals surface area contributed by atoms with E-state index in [-0.39, 0.29) is 6.04 Å². The molecule has 2 rings (SSSR count). The Labute approximate surface area is 116 Å². The molecule has 0 radical (unpaired) electrons. The number of rotatable bonds is 8. The van der Waals surface area contributed by atoms with E-state index in [2.05, 4.69) is 38.2 Å². The normalized spacial score (nSPS) is 23.8. The maximum atomic E-state index is 5.99. The molecule has 0 amide bonds. The van der Waals surface area contributed by atoms with Gasteiger partial charge >= 0.3 is 0 Å². The van der Waals surface area contributed by atoms with Gasteiger partial charge in [-0.3, -0.25) is 0 Å². The Hall–Kier alpha value is -0.800. The summed E-state index contributed by atoms with van der Waals surface area (Å²) in [5.41, 5.74) is 5.88. The summed E-state index contributed by atoms with van der Waals surface area (Å²) < 4.78 is 5.99. The third-order valence-corrected chi connectivity index (χ3v) is 4.51. The maximum absolute atomic E-state index is 5.99. The quantitative estimate of drug-likeness (QED) is 0.756. The summed E-state index contributed by atoms with van der Waals surface area (Å²) in [7, 11) is 0. The number of nitrogens with two attached hydrogens (primary N) is 1. The molecule has 19 heavy (non-hydrogen) atoms. The van der Waals surface area contributed by atoms with E-state index in [0.29, 0.717) is 12.5 Å². The average molecular weight is 264 g/mol. The lowest BCUT2D eigenvalue weighted by atomic mass is 10.0.